The van der Waals surface area contributed by atoms with Crippen LogP contribution in [0.5, 0.6) is 0 Å². The van der Waals surface area contributed by atoms with E-state index >= 15 is 0 Å². The lowest BCUT2D eigenvalue weighted by Crippen LogP contribution is -2.28. The lowest BCUT2D eigenvalue weighted by Gasteiger charge is -2.15. The van der Waals surface area contributed by atoms with Crippen molar-refractivity contribution >= 4 is 40.9 Å². The van der Waals surface area contributed by atoms with E-state index in [0.29, 0.717) is 28.1 Å². The molecule has 1 atom stereocenters. The first-order valence-electron chi connectivity index (χ1n) is 9.86. The number of aromatic nitrogens is 3. The number of amides is 2. The van der Waals surface area contributed by atoms with Crippen molar-refractivity contribution in [2.24, 2.45) is 0 Å². The molecular weight excluding hydrogens is 434 g/mol. The number of hydrogen-bond donors (Lipinski definition) is 2. The summed E-state index contributed by atoms with van der Waals surface area (Å²) in [6, 6.07) is 14.0. The first-order chi connectivity index (χ1) is 14.9. The van der Waals surface area contributed by atoms with Crippen LogP contribution in [0.3, 0.4) is 0 Å². The Hall–Kier alpha value is -2.84. The van der Waals surface area contributed by atoms with Gasteiger partial charge in [-0.2, -0.15) is 0 Å². The van der Waals surface area contributed by atoms with Crippen LogP contribution in [-0.4, -0.2) is 32.3 Å². The monoisotopic (exact) mass is 457 g/mol. The van der Waals surface area contributed by atoms with Crippen LogP contribution in [0.15, 0.2) is 53.7 Å². The van der Waals surface area contributed by atoms with E-state index in [1.54, 1.807) is 24.3 Å². The molecule has 2 N–H and O–H groups in total. The zero-order chi connectivity index (χ0) is 22.4. The van der Waals surface area contributed by atoms with E-state index in [2.05, 4.69) is 20.8 Å². The van der Waals surface area contributed by atoms with Crippen molar-refractivity contribution in [2.75, 3.05) is 11.1 Å². The molecule has 0 aliphatic heterocycles. The molecule has 1 aromatic heterocycles. The fourth-order valence-corrected chi connectivity index (χ4v) is 3.87. The van der Waals surface area contributed by atoms with E-state index in [1.165, 1.54) is 11.8 Å². The second kappa shape index (κ2) is 10.5. The quantitative estimate of drug-likeness (QED) is 0.487. The molecule has 1 heterocycles. The van der Waals surface area contributed by atoms with Gasteiger partial charge in [-0.05, 0) is 57.2 Å². The Morgan fingerprint density at radius 2 is 1.77 bits per heavy atom. The Morgan fingerprint density at radius 1 is 1.10 bits per heavy atom. The summed E-state index contributed by atoms with van der Waals surface area (Å²) in [5, 5.41) is 15.5. The van der Waals surface area contributed by atoms with Crippen LogP contribution in [0.2, 0.25) is 5.02 Å². The molecule has 2 amide bonds. The number of thioether (sulfide) groups is 1. The van der Waals surface area contributed by atoms with Gasteiger partial charge in [0.05, 0.1) is 11.8 Å². The van der Waals surface area contributed by atoms with Gasteiger partial charge >= 0.3 is 0 Å². The van der Waals surface area contributed by atoms with Crippen LogP contribution in [0.1, 0.15) is 41.6 Å². The summed E-state index contributed by atoms with van der Waals surface area (Å²) >= 11 is 7.19. The average molecular weight is 458 g/mol. The highest BCUT2D eigenvalue weighted by atomic mass is 35.5. The van der Waals surface area contributed by atoms with Crippen LogP contribution in [0, 0.1) is 6.92 Å². The smallest absolute Gasteiger partial charge is 0.251 e. The van der Waals surface area contributed by atoms with Gasteiger partial charge in [-0.25, -0.2) is 0 Å². The van der Waals surface area contributed by atoms with E-state index in [0.717, 1.165) is 11.3 Å². The summed E-state index contributed by atoms with van der Waals surface area (Å²) < 4.78 is 1.90. The van der Waals surface area contributed by atoms with Crippen molar-refractivity contribution in [1.29, 1.82) is 0 Å². The van der Waals surface area contributed by atoms with E-state index in [4.69, 9.17) is 11.6 Å². The highest BCUT2D eigenvalue weighted by Gasteiger charge is 2.20. The highest BCUT2D eigenvalue weighted by Crippen LogP contribution is 2.21. The fourth-order valence-electron chi connectivity index (χ4n) is 2.93. The van der Waals surface area contributed by atoms with Gasteiger partial charge in [0.1, 0.15) is 0 Å². The molecule has 0 spiro atoms. The molecule has 0 radical (unpaired) electrons. The van der Waals surface area contributed by atoms with Crippen LogP contribution in [0.25, 0.3) is 0 Å². The van der Waals surface area contributed by atoms with Gasteiger partial charge in [-0.3, -0.25) is 9.59 Å². The zero-order valence-corrected chi connectivity index (χ0v) is 19.1. The largest absolute Gasteiger partial charge is 0.342 e. The van der Waals surface area contributed by atoms with Crippen LogP contribution >= 0.6 is 23.4 Å². The second-order valence-corrected chi connectivity index (χ2v) is 8.37. The molecule has 31 heavy (non-hydrogen) atoms. The third kappa shape index (κ3) is 6.08. The number of carbonyl (C=O) groups is 2. The first-order valence-corrected chi connectivity index (χ1v) is 11.2. The van der Waals surface area contributed by atoms with Crippen LogP contribution in [-0.2, 0) is 11.3 Å². The molecular formula is C22H24ClN5O2S. The summed E-state index contributed by atoms with van der Waals surface area (Å²) in [6.07, 6.45) is 0. The first kappa shape index (κ1) is 22.8. The number of nitrogens with one attached hydrogen (secondary N) is 2. The molecule has 2 aromatic carbocycles. The summed E-state index contributed by atoms with van der Waals surface area (Å²) in [5.74, 6) is 0.496. The number of halogens is 1. The highest BCUT2D eigenvalue weighted by molar-refractivity contribution is 7.99. The second-order valence-electron chi connectivity index (χ2n) is 6.99. The molecule has 3 aromatic rings. The Morgan fingerprint density at radius 3 is 2.42 bits per heavy atom. The minimum atomic E-state index is -0.355. The average Bonchev–Trinajstić information content (AvgIpc) is 3.17. The van der Waals surface area contributed by atoms with Crippen molar-refractivity contribution in [3.05, 3.63) is 70.5 Å². The van der Waals surface area contributed by atoms with Crippen LogP contribution in [0.4, 0.5) is 5.69 Å². The van der Waals surface area contributed by atoms with Crippen molar-refractivity contribution in [3.8, 4) is 0 Å². The van der Waals surface area contributed by atoms with Crippen LogP contribution < -0.4 is 10.6 Å². The molecule has 3 rings (SSSR count). The number of nitrogens with zero attached hydrogens (tertiary/aromatic N) is 3. The lowest BCUT2D eigenvalue weighted by atomic mass is 10.2. The van der Waals surface area contributed by atoms with E-state index < -0.39 is 0 Å². The zero-order valence-electron chi connectivity index (χ0n) is 17.6. The molecule has 0 aliphatic rings. The topological polar surface area (TPSA) is 88.9 Å². The van der Waals surface area contributed by atoms with Gasteiger partial charge < -0.3 is 15.2 Å². The van der Waals surface area contributed by atoms with Crippen molar-refractivity contribution in [2.45, 2.75) is 38.5 Å². The number of carbonyl (C=O) groups excluding carboxylic acids is 2. The maximum Gasteiger partial charge on any atom is 0.251 e. The van der Waals surface area contributed by atoms with E-state index in [1.807, 2.05) is 49.6 Å². The Balaban J connectivity index is 1.61. The molecule has 7 nitrogen and oxygen atoms in total. The normalized spacial score (nSPS) is 11.7. The van der Waals surface area contributed by atoms with E-state index in [-0.39, 0.29) is 23.6 Å². The lowest BCUT2D eigenvalue weighted by molar-refractivity contribution is -0.113. The summed E-state index contributed by atoms with van der Waals surface area (Å²) in [5.41, 5.74) is 2.40. The number of hydrogen-bond acceptors (Lipinski definition) is 5. The molecule has 0 aliphatic carbocycles. The van der Waals surface area contributed by atoms with Crippen molar-refractivity contribution < 1.29 is 9.59 Å². The molecule has 9 heteroatoms. The van der Waals surface area contributed by atoms with E-state index in [9.17, 15) is 9.59 Å². The van der Waals surface area contributed by atoms with Gasteiger partial charge in [-0.15, -0.1) is 10.2 Å². The third-order valence-corrected chi connectivity index (χ3v) is 5.79. The summed E-state index contributed by atoms with van der Waals surface area (Å²) in [4.78, 5) is 24.8. The predicted molar refractivity (Wildman–Crippen MR) is 124 cm³/mol. The molecule has 0 saturated carbocycles. The Labute approximate surface area is 190 Å². The summed E-state index contributed by atoms with van der Waals surface area (Å²) in [6.45, 7) is 6.43. The molecule has 162 valence electrons. The summed E-state index contributed by atoms with van der Waals surface area (Å²) in [7, 11) is 0. The standard InChI is InChI=1S/C22H24ClN5O2S/c1-4-28-20(15(3)24-21(30)16-7-9-17(23)10-8-16)26-27-22(28)31-13-19(29)25-18-11-5-14(2)6-12-18/h5-12,15H,4,13H2,1-3H3,(H,24,30)(H,25,29). The Kier molecular flexibility index (Phi) is 7.70. The number of rotatable bonds is 8. The van der Waals surface area contributed by atoms with Gasteiger partial charge in [0, 0.05) is 22.8 Å². The van der Waals surface area contributed by atoms with Gasteiger partial charge in [0.25, 0.3) is 5.91 Å². The minimum absolute atomic E-state index is 0.120. The number of aryl methyl sites for hydroxylation is 1. The molecule has 1 unspecified atom stereocenters. The van der Waals surface area contributed by atoms with Crippen molar-refractivity contribution in [1.82, 2.24) is 20.1 Å². The fraction of sp³-hybridized carbons (Fsp3) is 0.273. The maximum absolute atomic E-state index is 12.5. The van der Waals surface area contributed by atoms with Gasteiger partial charge in [0.2, 0.25) is 5.91 Å². The predicted octanol–water partition coefficient (Wildman–Crippen LogP) is 4.48. The third-order valence-electron chi connectivity index (χ3n) is 4.57. The molecule has 0 bridgehead atoms. The van der Waals surface area contributed by atoms with Crippen molar-refractivity contribution in [3.63, 3.8) is 0 Å². The van der Waals surface area contributed by atoms with Gasteiger partial charge in [0.15, 0.2) is 11.0 Å². The molecule has 0 fully saturated rings. The number of benzene rings is 2. The molecule has 0 saturated heterocycles. The minimum Gasteiger partial charge on any atom is -0.342 e. The Bertz CT molecular complexity index is 1050. The number of anilines is 1. The SMILES string of the molecule is CCn1c(SCC(=O)Nc2ccc(C)cc2)nnc1C(C)NC(=O)c1ccc(Cl)cc1. The van der Waals surface area contributed by atoms with Gasteiger partial charge in [-0.1, -0.05) is 41.1 Å². The maximum atomic E-state index is 12.5.